The van der Waals surface area contributed by atoms with Gasteiger partial charge in [-0.15, -0.1) is 0 Å². The van der Waals surface area contributed by atoms with Crippen molar-refractivity contribution in [1.29, 1.82) is 0 Å². The summed E-state index contributed by atoms with van der Waals surface area (Å²) >= 11 is 5.85. The minimum absolute atomic E-state index is 0.0323. The van der Waals surface area contributed by atoms with Crippen LogP contribution in [0.5, 0.6) is 5.75 Å². The second-order valence-electron chi connectivity index (χ2n) is 5.46. The monoisotopic (exact) mass is 369 g/mol. The Morgan fingerprint density at radius 1 is 1.15 bits per heavy atom. The molecule has 0 aliphatic heterocycles. The first kappa shape index (κ1) is 17.7. The number of carbonyl (C=O) groups excluding carboxylic acids is 1. The Hall–Kier alpha value is -3.12. The fraction of sp³-hybridized carbons (Fsp3) is 0.105. The minimum atomic E-state index is -0.443. The van der Waals surface area contributed by atoms with Crippen molar-refractivity contribution in [2.75, 3.05) is 7.11 Å². The average molecular weight is 370 g/mol. The molecule has 7 heteroatoms. The Labute approximate surface area is 155 Å². The zero-order valence-corrected chi connectivity index (χ0v) is 14.7. The van der Waals surface area contributed by atoms with Crippen LogP contribution in [0.15, 0.2) is 65.5 Å². The summed E-state index contributed by atoms with van der Waals surface area (Å²) < 4.78 is 6.32. The number of aromatic nitrogens is 2. The summed E-state index contributed by atoms with van der Waals surface area (Å²) in [5, 5.41) is 7.58. The zero-order valence-electron chi connectivity index (χ0n) is 14.0. The van der Waals surface area contributed by atoms with Crippen LogP contribution >= 0.6 is 11.6 Å². The number of benzene rings is 2. The average Bonchev–Trinajstić information content (AvgIpc) is 2.67. The second kappa shape index (κ2) is 7.84. The van der Waals surface area contributed by atoms with E-state index in [0.717, 1.165) is 5.56 Å². The van der Waals surface area contributed by atoms with Crippen molar-refractivity contribution in [2.24, 2.45) is 0 Å². The van der Waals surface area contributed by atoms with Crippen molar-refractivity contribution >= 4 is 17.5 Å². The van der Waals surface area contributed by atoms with Crippen molar-refractivity contribution in [3.63, 3.8) is 0 Å². The molecule has 1 heterocycles. The maximum Gasteiger partial charge on any atom is 0.275 e. The largest absolute Gasteiger partial charge is 0.494 e. The summed E-state index contributed by atoms with van der Waals surface area (Å²) in [4.78, 5) is 24.8. The van der Waals surface area contributed by atoms with Gasteiger partial charge >= 0.3 is 0 Å². The predicted molar refractivity (Wildman–Crippen MR) is 99.0 cm³/mol. The molecular weight excluding hydrogens is 354 g/mol. The molecule has 3 rings (SSSR count). The molecule has 6 nitrogen and oxygen atoms in total. The van der Waals surface area contributed by atoms with Gasteiger partial charge in [0.2, 0.25) is 0 Å². The highest BCUT2D eigenvalue weighted by molar-refractivity contribution is 6.30. The third-order valence-corrected chi connectivity index (χ3v) is 3.95. The number of halogens is 1. The van der Waals surface area contributed by atoms with Gasteiger partial charge in [0, 0.05) is 11.6 Å². The van der Waals surface area contributed by atoms with Crippen molar-refractivity contribution in [3.05, 3.63) is 87.3 Å². The van der Waals surface area contributed by atoms with E-state index in [2.05, 4.69) is 10.4 Å². The summed E-state index contributed by atoms with van der Waals surface area (Å²) in [5.41, 5.74) is 1.09. The second-order valence-corrected chi connectivity index (χ2v) is 5.89. The van der Waals surface area contributed by atoms with Gasteiger partial charge in [0.1, 0.15) is 0 Å². The lowest BCUT2D eigenvalue weighted by atomic mass is 10.2. The van der Waals surface area contributed by atoms with Gasteiger partial charge in [-0.3, -0.25) is 9.59 Å². The standard InChI is InChI=1S/C19H16ClN3O3/c1-26-16-11-17(24)23(15-5-3-2-4-6-15)22-18(16)19(25)21-12-13-7-9-14(20)10-8-13/h2-11H,12H2,1H3,(H,21,25). The molecule has 1 aromatic heterocycles. The molecule has 2 aromatic carbocycles. The van der Waals surface area contributed by atoms with Crippen LogP contribution in [0.2, 0.25) is 5.02 Å². The van der Waals surface area contributed by atoms with Crippen LogP contribution < -0.4 is 15.6 Å². The molecule has 132 valence electrons. The minimum Gasteiger partial charge on any atom is -0.494 e. The summed E-state index contributed by atoms with van der Waals surface area (Å²) in [6.07, 6.45) is 0. The van der Waals surface area contributed by atoms with Gasteiger partial charge in [-0.05, 0) is 29.8 Å². The molecule has 0 saturated carbocycles. The van der Waals surface area contributed by atoms with Gasteiger partial charge in [-0.1, -0.05) is 41.9 Å². The number of rotatable bonds is 5. The first-order chi connectivity index (χ1) is 12.6. The third kappa shape index (κ3) is 3.92. The summed E-state index contributed by atoms with van der Waals surface area (Å²) in [6, 6.07) is 17.2. The number of nitrogens with one attached hydrogen (secondary N) is 1. The Morgan fingerprint density at radius 3 is 2.50 bits per heavy atom. The summed E-state index contributed by atoms with van der Waals surface area (Å²) in [5.74, 6) is -0.322. The normalized spacial score (nSPS) is 10.4. The van der Waals surface area contributed by atoms with E-state index >= 15 is 0 Å². The lowest BCUT2D eigenvalue weighted by Gasteiger charge is -2.11. The van der Waals surface area contributed by atoms with Crippen LogP contribution in [0.1, 0.15) is 16.1 Å². The molecule has 0 aliphatic rings. The quantitative estimate of drug-likeness (QED) is 0.750. The van der Waals surface area contributed by atoms with Crippen LogP contribution in [0.4, 0.5) is 0 Å². The molecule has 0 unspecified atom stereocenters. The predicted octanol–water partition coefficient (Wildman–Crippen LogP) is 2.82. The van der Waals surface area contributed by atoms with E-state index in [1.54, 1.807) is 36.4 Å². The van der Waals surface area contributed by atoms with Gasteiger partial charge < -0.3 is 10.1 Å². The van der Waals surface area contributed by atoms with Gasteiger partial charge in [0.15, 0.2) is 11.4 Å². The van der Waals surface area contributed by atoms with Crippen molar-refractivity contribution in [1.82, 2.24) is 15.1 Å². The Kier molecular flexibility index (Phi) is 5.34. The first-order valence-corrected chi connectivity index (χ1v) is 8.22. The van der Waals surface area contributed by atoms with Crippen molar-refractivity contribution in [2.45, 2.75) is 6.54 Å². The third-order valence-electron chi connectivity index (χ3n) is 3.70. The van der Waals surface area contributed by atoms with E-state index in [1.165, 1.54) is 17.9 Å². The molecular formula is C19H16ClN3O3. The zero-order chi connectivity index (χ0) is 18.5. The molecule has 0 aliphatic carbocycles. The van der Waals surface area contributed by atoms with Crippen LogP contribution in [-0.2, 0) is 6.54 Å². The lowest BCUT2D eigenvalue weighted by molar-refractivity contribution is 0.0940. The molecule has 0 radical (unpaired) electrons. The number of amides is 1. The number of hydrogen-bond donors (Lipinski definition) is 1. The Morgan fingerprint density at radius 2 is 1.85 bits per heavy atom. The van der Waals surface area contributed by atoms with Crippen LogP contribution in [0.3, 0.4) is 0 Å². The molecule has 0 bridgehead atoms. The van der Waals surface area contributed by atoms with Gasteiger partial charge in [-0.2, -0.15) is 9.78 Å². The van der Waals surface area contributed by atoms with E-state index < -0.39 is 5.91 Å². The number of ether oxygens (including phenoxy) is 1. The molecule has 0 fully saturated rings. The highest BCUT2D eigenvalue weighted by atomic mass is 35.5. The van der Waals surface area contributed by atoms with Crippen molar-refractivity contribution in [3.8, 4) is 11.4 Å². The Bertz CT molecular complexity index is 970. The SMILES string of the molecule is COc1cc(=O)n(-c2ccccc2)nc1C(=O)NCc1ccc(Cl)cc1. The maximum absolute atomic E-state index is 12.6. The number of methoxy groups -OCH3 is 1. The van der Waals surface area contributed by atoms with Gasteiger partial charge in [0.25, 0.3) is 11.5 Å². The maximum atomic E-state index is 12.6. The summed E-state index contributed by atoms with van der Waals surface area (Å²) in [6.45, 7) is 0.297. The molecule has 26 heavy (non-hydrogen) atoms. The topological polar surface area (TPSA) is 73.2 Å². The molecule has 3 aromatic rings. The first-order valence-electron chi connectivity index (χ1n) is 7.85. The number of carbonyl (C=O) groups is 1. The Balaban J connectivity index is 1.88. The molecule has 1 N–H and O–H groups in total. The van der Waals surface area contributed by atoms with Crippen LogP contribution in [0.25, 0.3) is 5.69 Å². The highest BCUT2D eigenvalue weighted by Crippen LogP contribution is 2.15. The van der Waals surface area contributed by atoms with E-state index in [9.17, 15) is 9.59 Å². The van der Waals surface area contributed by atoms with Gasteiger partial charge in [-0.25, -0.2) is 0 Å². The smallest absolute Gasteiger partial charge is 0.275 e. The van der Waals surface area contributed by atoms with E-state index in [4.69, 9.17) is 16.3 Å². The van der Waals surface area contributed by atoms with Crippen molar-refractivity contribution < 1.29 is 9.53 Å². The fourth-order valence-electron chi connectivity index (χ4n) is 2.38. The van der Waals surface area contributed by atoms with Crippen LogP contribution in [-0.4, -0.2) is 22.8 Å². The number of para-hydroxylation sites is 1. The highest BCUT2D eigenvalue weighted by Gasteiger charge is 2.17. The van der Waals surface area contributed by atoms with Crippen LogP contribution in [0, 0.1) is 0 Å². The molecule has 0 saturated heterocycles. The van der Waals surface area contributed by atoms with E-state index in [-0.39, 0.29) is 17.0 Å². The van der Waals surface area contributed by atoms with Gasteiger partial charge in [0.05, 0.1) is 18.9 Å². The number of hydrogen-bond acceptors (Lipinski definition) is 4. The lowest BCUT2D eigenvalue weighted by Crippen LogP contribution is -2.29. The fourth-order valence-corrected chi connectivity index (χ4v) is 2.50. The molecule has 1 amide bonds. The molecule has 0 spiro atoms. The number of nitrogens with zero attached hydrogens (tertiary/aromatic N) is 2. The van der Waals surface area contributed by atoms with E-state index in [0.29, 0.717) is 17.3 Å². The van der Waals surface area contributed by atoms with E-state index in [1.807, 2.05) is 18.2 Å². The molecule has 0 atom stereocenters. The summed E-state index contributed by atoms with van der Waals surface area (Å²) in [7, 11) is 1.39.